The molecule has 2 heterocycles. The average Bonchev–Trinajstić information content (AvgIpc) is 2.89. The minimum atomic E-state index is -0.216. The van der Waals surface area contributed by atoms with Crippen molar-refractivity contribution in [3.8, 4) is 10.6 Å². The number of halogens is 1. The van der Waals surface area contributed by atoms with Crippen LogP contribution in [0.2, 0.25) is 0 Å². The molecule has 94 valence electrons. The number of rotatable bonds is 2. The van der Waals surface area contributed by atoms with Gasteiger partial charge in [0.2, 0.25) is 0 Å². The van der Waals surface area contributed by atoms with Crippen LogP contribution in [0.3, 0.4) is 0 Å². The lowest BCUT2D eigenvalue weighted by Gasteiger charge is -2.27. The lowest BCUT2D eigenvalue weighted by molar-refractivity contribution is 0.586. The second-order valence-corrected chi connectivity index (χ2v) is 5.12. The van der Waals surface area contributed by atoms with E-state index in [0.29, 0.717) is 0 Å². The van der Waals surface area contributed by atoms with Crippen LogP contribution in [0.1, 0.15) is 0 Å². The summed E-state index contributed by atoms with van der Waals surface area (Å²) in [6, 6.07) is 6.59. The van der Waals surface area contributed by atoms with E-state index in [2.05, 4.69) is 15.2 Å². The highest BCUT2D eigenvalue weighted by Crippen LogP contribution is 2.28. The Morgan fingerprint density at radius 3 is 2.89 bits per heavy atom. The number of hydrogen-bond donors (Lipinski definition) is 1. The van der Waals surface area contributed by atoms with Gasteiger partial charge in [0.15, 0.2) is 0 Å². The molecule has 2 aromatic rings. The lowest BCUT2D eigenvalue weighted by atomic mass is 10.2. The Kier molecular flexibility index (Phi) is 3.25. The molecule has 18 heavy (non-hydrogen) atoms. The maximum atomic E-state index is 13.2. The summed E-state index contributed by atoms with van der Waals surface area (Å²) in [4.78, 5) is 6.85. The molecule has 3 rings (SSSR count). The van der Waals surface area contributed by atoms with E-state index < -0.39 is 0 Å². The van der Waals surface area contributed by atoms with Crippen LogP contribution in [-0.2, 0) is 0 Å². The van der Waals surface area contributed by atoms with Gasteiger partial charge in [0.25, 0.3) is 0 Å². The van der Waals surface area contributed by atoms with Crippen molar-refractivity contribution < 1.29 is 4.39 Å². The SMILES string of the molecule is Fc1cccc(-c2nc(N3CCNCC3)cs2)c1. The molecule has 0 aliphatic carbocycles. The minimum absolute atomic E-state index is 0.216. The van der Waals surface area contributed by atoms with Crippen molar-refractivity contribution in [3.05, 3.63) is 35.5 Å². The topological polar surface area (TPSA) is 28.2 Å². The molecule has 1 N–H and O–H groups in total. The second kappa shape index (κ2) is 5.04. The summed E-state index contributed by atoms with van der Waals surface area (Å²) in [5.74, 6) is 0.784. The van der Waals surface area contributed by atoms with Gasteiger partial charge >= 0.3 is 0 Å². The first-order chi connectivity index (χ1) is 8.83. The molecule has 0 radical (unpaired) electrons. The van der Waals surface area contributed by atoms with Crippen LogP contribution in [0.25, 0.3) is 10.6 Å². The van der Waals surface area contributed by atoms with Crippen molar-refractivity contribution in [1.82, 2.24) is 10.3 Å². The van der Waals surface area contributed by atoms with Gasteiger partial charge in [-0.3, -0.25) is 0 Å². The maximum Gasteiger partial charge on any atom is 0.140 e. The summed E-state index contributed by atoms with van der Waals surface area (Å²) in [5, 5.41) is 6.24. The van der Waals surface area contributed by atoms with E-state index in [9.17, 15) is 4.39 Å². The Labute approximate surface area is 109 Å². The van der Waals surface area contributed by atoms with Gasteiger partial charge in [-0.1, -0.05) is 12.1 Å². The fraction of sp³-hybridized carbons (Fsp3) is 0.308. The summed E-state index contributed by atoms with van der Waals surface area (Å²) in [5.41, 5.74) is 0.849. The number of piperazine rings is 1. The van der Waals surface area contributed by atoms with Gasteiger partial charge in [0, 0.05) is 37.1 Å². The van der Waals surface area contributed by atoms with E-state index in [4.69, 9.17) is 0 Å². The fourth-order valence-corrected chi connectivity index (χ4v) is 2.89. The molecule has 0 unspecified atom stereocenters. The third-order valence-electron chi connectivity index (χ3n) is 3.00. The van der Waals surface area contributed by atoms with Gasteiger partial charge in [-0.25, -0.2) is 9.37 Å². The summed E-state index contributed by atoms with van der Waals surface area (Å²) in [6.45, 7) is 3.94. The van der Waals surface area contributed by atoms with Crippen LogP contribution in [0.5, 0.6) is 0 Å². The molecule has 0 spiro atoms. The Balaban J connectivity index is 1.84. The van der Waals surface area contributed by atoms with E-state index in [1.165, 1.54) is 12.1 Å². The molecule has 0 saturated carbocycles. The fourth-order valence-electron chi connectivity index (χ4n) is 2.06. The first kappa shape index (κ1) is 11.6. The molecule has 1 saturated heterocycles. The summed E-state index contributed by atoms with van der Waals surface area (Å²) < 4.78 is 13.2. The van der Waals surface area contributed by atoms with Crippen LogP contribution in [0.4, 0.5) is 10.2 Å². The first-order valence-electron chi connectivity index (χ1n) is 6.00. The Bertz CT molecular complexity index is 535. The number of hydrogen-bond acceptors (Lipinski definition) is 4. The molecule has 3 nitrogen and oxygen atoms in total. The maximum absolute atomic E-state index is 13.2. The van der Waals surface area contributed by atoms with Crippen LogP contribution in [0.15, 0.2) is 29.6 Å². The molecule has 1 aromatic heterocycles. The number of aromatic nitrogens is 1. The highest BCUT2D eigenvalue weighted by atomic mass is 32.1. The Morgan fingerprint density at radius 1 is 1.28 bits per heavy atom. The molecular formula is C13H14FN3S. The molecule has 1 fully saturated rings. The van der Waals surface area contributed by atoms with Crippen molar-refractivity contribution in [2.24, 2.45) is 0 Å². The first-order valence-corrected chi connectivity index (χ1v) is 6.88. The quantitative estimate of drug-likeness (QED) is 0.901. The van der Waals surface area contributed by atoms with Gasteiger partial charge in [-0.15, -0.1) is 11.3 Å². The van der Waals surface area contributed by atoms with Crippen LogP contribution >= 0.6 is 11.3 Å². The molecule has 1 aliphatic heterocycles. The third-order valence-corrected chi connectivity index (χ3v) is 3.88. The Hall–Kier alpha value is -1.46. The molecular weight excluding hydrogens is 249 g/mol. The largest absolute Gasteiger partial charge is 0.353 e. The highest BCUT2D eigenvalue weighted by Gasteiger charge is 2.14. The van der Waals surface area contributed by atoms with Crippen LogP contribution in [0, 0.1) is 5.82 Å². The number of nitrogens with one attached hydrogen (secondary N) is 1. The van der Waals surface area contributed by atoms with Gasteiger partial charge < -0.3 is 10.2 Å². The molecule has 0 atom stereocenters. The predicted molar refractivity (Wildman–Crippen MR) is 72.6 cm³/mol. The number of benzene rings is 1. The van der Waals surface area contributed by atoms with E-state index in [-0.39, 0.29) is 5.82 Å². The van der Waals surface area contributed by atoms with Crippen molar-refractivity contribution in [3.63, 3.8) is 0 Å². The Morgan fingerprint density at radius 2 is 2.11 bits per heavy atom. The van der Waals surface area contributed by atoms with Crippen LogP contribution < -0.4 is 10.2 Å². The highest BCUT2D eigenvalue weighted by molar-refractivity contribution is 7.13. The molecule has 1 aliphatic rings. The number of thiazole rings is 1. The zero-order valence-corrected chi connectivity index (χ0v) is 10.7. The van der Waals surface area contributed by atoms with Gasteiger partial charge in [-0.2, -0.15) is 0 Å². The summed E-state index contributed by atoms with van der Waals surface area (Å²) in [7, 11) is 0. The van der Waals surface area contributed by atoms with Crippen molar-refractivity contribution in [1.29, 1.82) is 0 Å². The summed E-state index contributed by atoms with van der Waals surface area (Å²) >= 11 is 1.57. The normalized spacial score (nSPS) is 15.9. The zero-order valence-electron chi connectivity index (χ0n) is 9.90. The number of nitrogens with zero attached hydrogens (tertiary/aromatic N) is 2. The molecule has 0 amide bonds. The third kappa shape index (κ3) is 2.37. The summed E-state index contributed by atoms with van der Waals surface area (Å²) in [6.07, 6.45) is 0. The van der Waals surface area contributed by atoms with Crippen molar-refractivity contribution >= 4 is 17.2 Å². The molecule has 5 heteroatoms. The predicted octanol–water partition coefficient (Wildman–Crippen LogP) is 2.36. The van der Waals surface area contributed by atoms with Crippen molar-refractivity contribution in [2.75, 3.05) is 31.1 Å². The van der Waals surface area contributed by atoms with E-state index >= 15 is 0 Å². The second-order valence-electron chi connectivity index (χ2n) is 4.26. The smallest absolute Gasteiger partial charge is 0.140 e. The molecule has 0 bridgehead atoms. The monoisotopic (exact) mass is 263 g/mol. The van der Waals surface area contributed by atoms with E-state index in [0.717, 1.165) is 42.6 Å². The van der Waals surface area contributed by atoms with Crippen molar-refractivity contribution in [2.45, 2.75) is 0 Å². The standard InChI is InChI=1S/C13H14FN3S/c14-11-3-1-2-10(8-11)13-16-12(9-18-13)17-6-4-15-5-7-17/h1-3,8-9,15H,4-7H2. The van der Waals surface area contributed by atoms with Gasteiger partial charge in [0.1, 0.15) is 16.6 Å². The average molecular weight is 263 g/mol. The van der Waals surface area contributed by atoms with E-state index in [1.807, 2.05) is 11.4 Å². The van der Waals surface area contributed by atoms with Gasteiger partial charge in [0.05, 0.1) is 0 Å². The zero-order chi connectivity index (χ0) is 12.4. The molecule has 1 aromatic carbocycles. The lowest BCUT2D eigenvalue weighted by Crippen LogP contribution is -2.43. The number of anilines is 1. The minimum Gasteiger partial charge on any atom is -0.353 e. The van der Waals surface area contributed by atoms with Gasteiger partial charge in [-0.05, 0) is 12.1 Å². The van der Waals surface area contributed by atoms with E-state index in [1.54, 1.807) is 17.4 Å². The van der Waals surface area contributed by atoms with Crippen LogP contribution in [-0.4, -0.2) is 31.2 Å².